The number of aryl methyl sites for hydroxylation is 1. The smallest absolute Gasteiger partial charge is 0.254 e. The van der Waals surface area contributed by atoms with Gasteiger partial charge in [0.25, 0.3) is 5.56 Å². The number of rotatable bonds is 4. The zero-order valence-electron chi connectivity index (χ0n) is 10.6. The van der Waals surface area contributed by atoms with E-state index in [1.807, 2.05) is 32.0 Å². The first-order valence-corrected chi connectivity index (χ1v) is 6.95. The van der Waals surface area contributed by atoms with Crippen molar-refractivity contribution in [3.05, 3.63) is 57.8 Å². The molecule has 1 aromatic carbocycles. The molecule has 18 heavy (non-hydrogen) atoms. The molecule has 4 heteroatoms. The van der Waals surface area contributed by atoms with Gasteiger partial charge in [0.1, 0.15) is 5.82 Å². The number of aromatic amines is 1. The van der Waals surface area contributed by atoms with Gasteiger partial charge in [0.05, 0.1) is 11.4 Å². The first-order chi connectivity index (χ1) is 8.70. The van der Waals surface area contributed by atoms with Crippen LogP contribution in [0.5, 0.6) is 0 Å². The van der Waals surface area contributed by atoms with Gasteiger partial charge in [-0.25, -0.2) is 4.98 Å². The number of hydrogen-bond acceptors (Lipinski definition) is 3. The van der Waals surface area contributed by atoms with Gasteiger partial charge in [0, 0.05) is 10.5 Å². The first kappa shape index (κ1) is 12.9. The zero-order chi connectivity index (χ0) is 13.0. The van der Waals surface area contributed by atoms with Crippen molar-refractivity contribution in [1.82, 2.24) is 9.97 Å². The number of H-pyrrole nitrogens is 1. The van der Waals surface area contributed by atoms with Crippen LogP contribution in [0.15, 0.2) is 40.0 Å². The summed E-state index contributed by atoms with van der Waals surface area (Å²) in [5.41, 5.74) is 1.60. The second-order valence-corrected chi connectivity index (χ2v) is 5.09. The minimum atomic E-state index is -0.0227. The molecule has 0 radical (unpaired) electrons. The van der Waals surface area contributed by atoms with Crippen LogP contribution in [0, 0.1) is 6.92 Å². The Kier molecular flexibility index (Phi) is 4.20. The van der Waals surface area contributed by atoms with E-state index in [0.717, 1.165) is 23.5 Å². The molecular formula is C14H16N2OS. The van der Waals surface area contributed by atoms with E-state index in [0.29, 0.717) is 5.75 Å². The number of benzene rings is 1. The van der Waals surface area contributed by atoms with Crippen molar-refractivity contribution in [2.45, 2.75) is 30.9 Å². The SMILES string of the molecule is CCc1nc(CSc2ccccc2)[nH]c(=O)c1C. The van der Waals surface area contributed by atoms with E-state index in [-0.39, 0.29) is 5.56 Å². The maximum Gasteiger partial charge on any atom is 0.254 e. The van der Waals surface area contributed by atoms with Gasteiger partial charge in [-0.05, 0) is 25.5 Å². The minimum Gasteiger partial charge on any atom is -0.310 e. The fourth-order valence-electron chi connectivity index (χ4n) is 1.71. The summed E-state index contributed by atoms with van der Waals surface area (Å²) in [7, 11) is 0. The monoisotopic (exact) mass is 260 g/mol. The lowest BCUT2D eigenvalue weighted by Gasteiger charge is -2.05. The average molecular weight is 260 g/mol. The molecule has 0 saturated carbocycles. The third kappa shape index (κ3) is 3.01. The Morgan fingerprint density at radius 3 is 2.67 bits per heavy atom. The number of hydrogen-bond donors (Lipinski definition) is 1. The van der Waals surface area contributed by atoms with E-state index in [2.05, 4.69) is 22.1 Å². The van der Waals surface area contributed by atoms with Crippen molar-refractivity contribution >= 4 is 11.8 Å². The maximum absolute atomic E-state index is 11.7. The minimum absolute atomic E-state index is 0.0227. The van der Waals surface area contributed by atoms with Crippen molar-refractivity contribution in [2.24, 2.45) is 0 Å². The summed E-state index contributed by atoms with van der Waals surface area (Å²) in [6, 6.07) is 10.1. The Morgan fingerprint density at radius 2 is 2.00 bits per heavy atom. The lowest BCUT2D eigenvalue weighted by Crippen LogP contribution is -2.17. The topological polar surface area (TPSA) is 45.8 Å². The molecule has 1 heterocycles. The Morgan fingerprint density at radius 1 is 1.28 bits per heavy atom. The molecule has 0 aliphatic heterocycles. The van der Waals surface area contributed by atoms with Gasteiger partial charge < -0.3 is 4.98 Å². The van der Waals surface area contributed by atoms with Crippen LogP contribution < -0.4 is 5.56 Å². The fourth-order valence-corrected chi connectivity index (χ4v) is 2.50. The van der Waals surface area contributed by atoms with E-state index in [9.17, 15) is 4.79 Å². The van der Waals surface area contributed by atoms with Crippen molar-refractivity contribution in [3.8, 4) is 0 Å². The zero-order valence-corrected chi connectivity index (χ0v) is 11.4. The van der Waals surface area contributed by atoms with Crippen LogP contribution in [0.3, 0.4) is 0 Å². The van der Waals surface area contributed by atoms with Gasteiger partial charge in [0.15, 0.2) is 0 Å². The van der Waals surface area contributed by atoms with Gasteiger partial charge in [-0.1, -0.05) is 25.1 Å². The summed E-state index contributed by atoms with van der Waals surface area (Å²) < 4.78 is 0. The molecule has 0 unspecified atom stereocenters. The lowest BCUT2D eigenvalue weighted by molar-refractivity contribution is 0.895. The van der Waals surface area contributed by atoms with Crippen LogP contribution in [-0.4, -0.2) is 9.97 Å². The Bertz CT molecular complexity index is 578. The van der Waals surface area contributed by atoms with Gasteiger partial charge >= 0.3 is 0 Å². The van der Waals surface area contributed by atoms with E-state index in [1.165, 1.54) is 4.90 Å². The Balaban J connectivity index is 2.15. The first-order valence-electron chi connectivity index (χ1n) is 5.97. The molecule has 0 bridgehead atoms. The van der Waals surface area contributed by atoms with Crippen molar-refractivity contribution in [2.75, 3.05) is 0 Å². The highest BCUT2D eigenvalue weighted by Gasteiger charge is 2.06. The van der Waals surface area contributed by atoms with Crippen molar-refractivity contribution < 1.29 is 0 Å². The van der Waals surface area contributed by atoms with Crippen LogP contribution in [0.4, 0.5) is 0 Å². The molecule has 0 saturated heterocycles. The molecule has 0 amide bonds. The second-order valence-electron chi connectivity index (χ2n) is 4.04. The predicted molar refractivity (Wildman–Crippen MR) is 75.0 cm³/mol. The maximum atomic E-state index is 11.7. The molecule has 2 aromatic rings. The molecular weight excluding hydrogens is 244 g/mol. The molecule has 0 aliphatic rings. The van der Waals surface area contributed by atoms with Crippen LogP contribution in [0.1, 0.15) is 24.0 Å². The third-order valence-corrected chi connectivity index (χ3v) is 3.78. The Labute approximate surface area is 111 Å². The molecule has 1 N–H and O–H groups in total. The van der Waals surface area contributed by atoms with Crippen LogP contribution in [0.2, 0.25) is 0 Å². The van der Waals surface area contributed by atoms with E-state index in [1.54, 1.807) is 11.8 Å². The standard InChI is InChI=1S/C14H16N2OS/c1-3-12-10(2)14(17)16-13(15-12)9-18-11-7-5-4-6-8-11/h4-8H,3,9H2,1-2H3,(H,15,16,17). The highest BCUT2D eigenvalue weighted by Crippen LogP contribution is 2.20. The molecule has 2 rings (SSSR count). The molecule has 0 aliphatic carbocycles. The molecule has 0 atom stereocenters. The number of aromatic nitrogens is 2. The summed E-state index contributed by atoms with van der Waals surface area (Å²) in [5.74, 6) is 1.43. The van der Waals surface area contributed by atoms with E-state index in [4.69, 9.17) is 0 Å². The average Bonchev–Trinajstić information content (AvgIpc) is 2.41. The molecule has 94 valence electrons. The number of nitrogens with one attached hydrogen (secondary N) is 1. The quantitative estimate of drug-likeness (QED) is 0.860. The molecule has 0 fully saturated rings. The van der Waals surface area contributed by atoms with Gasteiger partial charge in [-0.15, -0.1) is 11.8 Å². The largest absolute Gasteiger partial charge is 0.310 e. The van der Waals surface area contributed by atoms with Crippen LogP contribution in [-0.2, 0) is 12.2 Å². The molecule has 0 spiro atoms. The summed E-state index contributed by atoms with van der Waals surface area (Å²) >= 11 is 1.67. The molecule has 3 nitrogen and oxygen atoms in total. The normalized spacial score (nSPS) is 10.6. The summed E-state index contributed by atoms with van der Waals surface area (Å²) in [6.07, 6.45) is 0.790. The van der Waals surface area contributed by atoms with Gasteiger partial charge in [0.2, 0.25) is 0 Å². The summed E-state index contributed by atoms with van der Waals surface area (Å²) in [6.45, 7) is 3.83. The molecule has 1 aromatic heterocycles. The van der Waals surface area contributed by atoms with E-state index >= 15 is 0 Å². The van der Waals surface area contributed by atoms with Crippen molar-refractivity contribution in [1.29, 1.82) is 0 Å². The summed E-state index contributed by atoms with van der Waals surface area (Å²) in [4.78, 5) is 20.2. The summed E-state index contributed by atoms with van der Waals surface area (Å²) in [5, 5.41) is 0. The predicted octanol–water partition coefficient (Wildman–Crippen LogP) is 2.93. The van der Waals surface area contributed by atoms with Gasteiger partial charge in [-0.2, -0.15) is 0 Å². The number of nitrogens with zero attached hydrogens (tertiary/aromatic N) is 1. The van der Waals surface area contributed by atoms with Crippen LogP contribution >= 0.6 is 11.8 Å². The third-order valence-electron chi connectivity index (χ3n) is 2.75. The second kappa shape index (κ2) is 5.87. The number of thioether (sulfide) groups is 1. The lowest BCUT2D eigenvalue weighted by atomic mass is 10.2. The van der Waals surface area contributed by atoms with Crippen molar-refractivity contribution in [3.63, 3.8) is 0 Å². The van der Waals surface area contributed by atoms with Gasteiger partial charge in [-0.3, -0.25) is 4.79 Å². The highest BCUT2D eigenvalue weighted by molar-refractivity contribution is 7.98. The highest BCUT2D eigenvalue weighted by atomic mass is 32.2. The Hall–Kier alpha value is -1.55. The van der Waals surface area contributed by atoms with Crippen LogP contribution in [0.25, 0.3) is 0 Å². The van der Waals surface area contributed by atoms with E-state index < -0.39 is 0 Å². The fraction of sp³-hybridized carbons (Fsp3) is 0.286.